The first-order chi connectivity index (χ1) is 11.3. The Morgan fingerprint density at radius 3 is 2.00 bits per heavy atom. The predicted octanol–water partition coefficient (Wildman–Crippen LogP) is 1.59. The van der Waals surface area contributed by atoms with E-state index in [0.717, 1.165) is 0 Å². The largest absolute Gasteiger partial charge is 0.462 e. The maximum Gasteiger partial charge on any atom is 0.343 e. The van der Waals surface area contributed by atoms with Crippen LogP contribution in [-0.4, -0.2) is 36.6 Å². The number of benzene rings is 1. The highest BCUT2D eigenvalue weighted by atomic mass is 19.2. The summed E-state index contributed by atoms with van der Waals surface area (Å²) < 4.78 is 71.2. The van der Waals surface area contributed by atoms with Gasteiger partial charge in [-0.2, -0.15) is 0 Å². The van der Waals surface area contributed by atoms with E-state index in [4.69, 9.17) is 5.11 Å². The Labute approximate surface area is 132 Å². The van der Waals surface area contributed by atoms with E-state index in [0.29, 0.717) is 6.20 Å². The zero-order valence-electron chi connectivity index (χ0n) is 12.3. The lowest BCUT2D eigenvalue weighted by Crippen LogP contribution is -2.23. The standard InChI is InChI=1S/C14H12F5NO4/c1-2-24-14(23)6(5-20-3-4-21)13(22)7-8(15)10(17)12(19)11(18)9(7)16/h5,20-21H,2-4H2,1H3. The highest BCUT2D eigenvalue weighted by molar-refractivity contribution is 6.24. The number of halogens is 5. The van der Waals surface area contributed by atoms with Gasteiger partial charge in [0.15, 0.2) is 23.3 Å². The Morgan fingerprint density at radius 2 is 1.54 bits per heavy atom. The first-order valence-electron chi connectivity index (χ1n) is 6.55. The van der Waals surface area contributed by atoms with Gasteiger partial charge >= 0.3 is 5.97 Å². The van der Waals surface area contributed by atoms with Crippen molar-refractivity contribution in [1.82, 2.24) is 5.32 Å². The predicted molar refractivity (Wildman–Crippen MR) is 70.4 cm³/mol. The van der Waals surface area contributed by atoms with Crippen molar-refractivity contribution in [3.05, 3.63) is 46.4 Å². The van der Waals surface area contributed by atoms with Crippen molar-refractivity contribution in [2.24, 2.45) is 0 Å². The summed E-state index contributed by atoms with van der Waals surface area (Å²) >= 11 is 0. The molecule has 1 aromatic carbocycles. The van der Waals surface area contributed by atoms with Gasteiger partial charge < -0.3 is 15.2 Å². The van der Waals surface area contributed by atoms with Crippen LogP contribution in [0.1, 0.15) is 17.3 Å². The van der Waals surface area contributed by atoms with Crippen LogP contribution in [-0.2, 0) is 9.53 Å². The summed E-state index contributed by atoms with van der Waals surface area (Å²) in [6.45, 7) is 0.608. The summed E-state index contributed by atoms with van der Waals surface area (Å²) in [7, 11) is 0. The Morgan fingerprint density at radius 1 is 1.04 bits per heavy atom. The van der Waals surface area contributed by atoms with Crippen molar-refractivity contribution in [3.8, 4) is 0 Å². The smallest absolute Gasteiger partial charge is 0.343 e. The quantitative estimate of drug-likeness (QED) is 0.0896. The lowest BCUT2D eigenvalue weighted by atomic mass is 10.0. The summed E-state index contributed by atoms with van der Waals surface area (Å²) in [6.07, 6.45) is 0.661. The number of aliphatic hydroxyl groups is 1. The number of hydrogen-bond donors (Lipinski definition) is 2. The van der Waals surface area contributed by atoms with Crippen LogP contribution in [0.25, 0.3) is 0 Å². The average molecular weight is 353 g/mol. The summed E-state index contributed by atoms with van der Waals surface area (Å²) in [5.74, 6) is -14.9. The molecule has 0 saturated heterocycles. The van der Waals surface area contributed by atoms with Crippen LogP contribution < -0.4 is 5.32 Å². The van der Waals surface area contributed by atoms with Crippen molar-refractivity contribution in [2.75, 3.05) is 19.8 Å². The van der Waals surface area contributed by atoms with Crippen LogP contribution in [0.4, 0.5) is 22.0 Å². The first kappa shape index (κ1) is 19.6. The van der Waals surface area contributed by atoms with Gasteiger partial charge in [0.2, 0.25) is 11.6 Å². The summed E-state index contributed by atoms with van der Waals surface area (Å²) in [5.41, 5.74) is -2.77. The lowest BCUT2D eigenvalue weighted by Gasteiger charge is -2.10. The van der Waals surface area contributed by atoms with E-state index in [2.05, 4.69) is 10.1 Å². The number of Topliss-reactive ketones (excluding diaryl/α,β-unsaturated/α-hetero) is 1. The van der Waals surface area contributed by atoms with Crippen LogP contribution in [0, 0.1) is 29.1 Å². The van der Waals surface area contributed by atoms with Gasteiger partial charge in [0.25, 0.3) is 0 Å². The molecule has 0 amide bonds. The second-order valence-electron chi connectivity index (χ2n) is 4.23. The number of rotatable bonds is 7. The van der Waals surface area contributed by atoms with Crippen LogP contribution in [0.3, 0.4) is 0 Å². The molecule has 0 aliphatic carbocycles. The van der Waals surface area contributed by atoms with Crippen molar-refractivity contribution in [1.29, 1.82) is 0 Å². The maximum atomic E-state index is 13.7. The molecule has 0 aliphatic rings. The molecule has 24 heavy (non-hydrogen) atoms. The molecule has 0 spiro atoms. The Hall–Kier alpha value is -2.49. The summed E-state index contributed by atoms with van der Waals surface area (Å²) in [5, 5.41) is 10.9. The minimum Gasteiger partial charge on any atom is -0.462 e. The fraction of sp³-hybridized carbons (Fsp3) is 0.286. The van der Waals surface area contributed by atoms with Crippen molar-refractivity contribution in [3.63, 3.8) is 0 Å². The molecule has 10 heteroatoms. The molecule has 0 aliphatic heterocycles. The van der Waals surface area contributed by atoms with E-state index < -0.39 is 58.6 Å². The maximum absolute atomic E-state index is 13.7. The molecule has 2 N–H and O–H groups in total. The van der Waals surface area contributed by atoms with Crippen LogP contribution in [0.15, 0.2) is 11.8 Å². The van der Waals surface area contributed by atoms with Crippen molar-refractivity contribution >= 4 is 11.8 Å². The first-order valence-corrected chi connectivity index (χ1v) is 6.55. The Bertz CT molecular complexity index is 661. The molecule has 132 valence electrons. The number of carbonyl (C=O) groups is 2. The van der Waals surface area contributed by atoms with Crippen LogP contribution in [0.2, 0.25) is 0 Å². The van der Waals surface area contributed by atoms with Crippen molar-refractivity contribution < 1.29 is 41.4 Å². The molecule has 0 heterocycles. The highest BCUT2D eigenvalue weighted by Crippen LogP contribution is 2.25. The molecule has 1 aromatic rings. The van der Waals surface area contributed by atoms with Crippen LogP contribution >= 0.6 is 0 Å². The number of nitrogens with one attached hydrogen (secondary N) is 1. The van der Waals surface area contributed by atoms with Gasteiger partial charge in [-0.15, -0.1) is 0 Å². The summed E-state index contributed by atoms with van der Waals surface area (Å²) in [6, 6.07) is 0. The lowest BCUT2D eigenvalue weighted by molar-refractivity contribution is -0.138. The molecule has 0 unspecified atom stereocenters. The average Bonchev–Trinajstić information content (AvgIpc) is 2.55. The number of ether oxygens (including phenoxy) is 1. The second kappa shape index (κ2) is 8.39. The molecule has 0 aromatic heterocycles. The Balaban J connectivity index is 3.44. The van der Waals surface area contributed by atoms with Gasteiger partial charge in [-0.25, -0.2) is 26.7 Å². The minimum absolute atomic E-state index is 0.146. The number of esters is 1. The fourth-order valence-electron chi connectivity index (χ4n) is 1.60. The van der Waals surface area contributed by atoms with E-state index in [1.165, 1.54) is 6.92 Å². The van der Waals surface area contributed by atoms with Crippen LogP contribution in [0.5, 0.6) is 0 Å². The topological polar surface area (TPSA) is 75.6 Å². The number of hydrogen-bond acceptors (Lipinski definition) is 5. The molecular formula is C14H12F5NO4. The zero-order valence-corrected chi connectivity index (χ0v) is 12.3. The zero-order chi connectivity index (χ0) is 18.4. The van der Waals surface area contributed by atoms with Crippen molar-refractivity contribution in [2.45, 2.75) is 6.92 Å². The van der Waals surface area contributed by atoms with Gasteiger partial charge in [0.1, 0.15) is 11.1 Å². The monoisotopic (exact) mass is 353 g/mol. The Kier molecular flexibility index (Phi) is 6.83. The molecule has 0 fully saturated rings. The molecular weight excluding hydrogens is 341 g/mol. The van der Waals surface area contributed by atoms with Gasteiger partial charge in [-0.05, 0) is 6.92 Å². The molecule has 0 saturated carbocycles. The minimum atomic E-state index is -2.43. The number of carbonyl (C=O) groups excluding carboxylic acids is 2. The number of ketones is 1. The molecule has 0 atom stereocenters. The van der Waals surface area contributed by atoms with E-state index in [9.17, 15) is 31.5 Å². The highest BCUT2D eigenvalue weighted by Gasteiger charge is 2.33. The van der Waals surface area contributed by atoms with Gasteiger partial charge in [0.05, 0.1) is 13.2 Å². The molecule has 0 bridgehead atoms. The third kappa shape index (κ3) is 3.88. The van der Waals surface area contributed by atoms with E-state index in [-0.39, 0.29) is 13.2 Å². The van der Waals surface area contributed by atoms with E-state index in [1.807, 2.05) is 0 Å². The third-order valence-electron chi connectivity index (χ3n) is 2.68. The van der Waals surface area contributed by atoms with Gasteiger partial charge in [-0.1, -0.05) is 0 Å². The number of aliphatic hydroxyl groups excluding tert-OH is 1. The third-order valence-corrected chi connectivity index (χ3v) is 2.68. The molecule has 0 radical (unpaired) electrons. The normalized spacial score (nSPS) is 11.4. The van der Waals surface area contributed by atoms with E-state index in [1.54, 1.807) is 0 Å². The summed E-state index contributed by atoms with van der Waals surface area (Å²) in [4.78, 5) is 23.8. The molecule has 1 rings (SSSR count). The second-order valence-corrected chi connectivity index (χ2v) is 4.23. The molecule has 5 nitrogen and oxygen atoms in total. The van der Waals surface area contributed by atoms with Gasteiger partial charge in [-0.3, -0.25) is 4.79 Å². The fourth-order valence-corrected chi connectivity index (χ4v) is 1.60. The SMILES string of the molecule is CCOC(=O)C(=CNCCO)C(=O)c1c(F)c(F)c(F)c(F)c1F. The van der Waals surface area contributed by atoms with Gasteiger partial charge in [0, 0.05) is 12.7 Å². The van der Waals surface area contributed by atoms with E-state index >= 15 is 0 Å².